The normalized spacial score (nSPS) is 28.3. The van der Waals surface area contributed by atoms with E-state index in [0.29, 0.717) is 31.7 Å². The number of hydrogen-bond acceptors (Lipinski definition) is 7. The van der Waals surface area contributed by atoms with Crippen molar-refractivity contribution < 1.29 is 26.7 Å². The second-order valence-electron chi connectivity index (χ2n) is 10.7. The second-order valence-corrected chi connectivity index (χ2v) is 12.5. The minimum Gasteiger partial charge on any atom is -0.444 e. The molecule has 2 aliphatic heterocycles. The Balaban J connectivity index is 1.54. The van der Waals surface area contributed by atoms with Crippen molar-refractivity contribution in [1.82, 2.24) is 24.3 Å². The lowest BCUT2D eigenvalue weighted by molar-refractivity contribution is 0.0128. The summed E-state index contributed by atoms with van der Waals surface area (Å²) in [5.74, 6) is -1.52. The van der Waals surface area contributed by atoms with Crippen LogP contribution in [-0.2, 0) is 27.8 Å². The number of halogens is 2. The molecule has 1 aromatic rings. The number of nitrogens with one attached hydrogen (secondary N) is 1. The third kappa shape index (κ3) is 5.75. The van der Waals surface area contributed by atoms with Crippen molar-refractivity contribution in [2.24, 2.45) is 5.92 Å². The average Bonchev–Trinajstić information content (AvgIpc) is 3.28. The van der Waals surface area contributed by atoms with Gasteiger partial charge in [0.2, 0.25) is 0 Å². The van der Waals surface area contributed by atoms with Crippen molar-refractivity contribution in [3.8, 4) is 0 Å². The molecule has 0 aromatic carbocycles. The lowest BCUT2D eigenvalue weighted by Gasteiger charge is -2.48. The predicted molar refractivity (Wildman–Crippen MR) is 126 cm³/mol. The molecule has 4 atom stereocenters. The highest BCUT2D eigenvalue weighted by Gasteiger charge is 2.45. The molecular formula is C23H33F2N5O4S. The van der Waals surface area contributed by atoms with E-state index in [1.54, 1.807) is 20.8 Å². The maximum absolute atomic E-state index is 14.8. The van der Waals surface area contributed by atoms with Crippen molar-refractivity contribution in [2.45, 2.75) is 70.4 Å². The van der Waals surface area contributed by atoms with Crippen LogP contribution in [0.3, 0.4) is 0 Å². The van der Waals surface area contributed by atoms with Crippen molar-refractivity contribution in [3.63, 3.8) is 0 Å². The van der Waals surface area contributed by atoms with Gasteiger partial charge in [-0.3, -0.25) is 9.80 Å². The zero-order valence-corrected chi connectivity index (χ0v) is 21.5. The molecule has 1 saturated heterocycles. The van der Waals surface area contributed by atoms with Crippen molar-refractivity contribution >= 4 is 16.1 Å². The number of nitrogens with zero attached hydrogens (tertiary/aromatic N) is 4. The van der Waals surface area contributed by atoms with Crippen molar-refractivity contribution in [3.05, 3.63) is 41.3 Å². The number of allylic oxidation sites excluding steroid dienone is 3. The molecule has 3 unspecified atom stereocenters. The number of hydrogen-bond donors (Lipinski definition) is 1. The van der Waals surface area contributed by atoms with Gasteiger partial charge in [0.15, 0.2) is 0 Å². The quantitative estimate of drug-likeness (QED) is 0.661. The van der Waals surface area contributed by atoms with Crippen LogP contribution in [0.4, 0.5) is 13.6 Å². The van der Waals surface area contributed by atoms with Gasteiger partial charge in [-0.25, -0.2) is 22.0 Å². The Labute approximate surface area is 204 Å². The number of amides is 1. The lowest BCUT2D eigenvalue weighted by atomic mass is 9.80. The fourth-order valence-corrected chi connectivity index (χ4v) is 5.82. The van der Waals surface area contributed by atoms with Crippen LogP contribution in [0.5, 0.6) is 0 Å². The standard InChI is InChI=1S/C23H33F2N5O4S/c1-23(2,3)34-22(31)26-19-9-16(12-28(4)21(19)17-8-15(24)6-7-18(17)25)29-10-14-11-30(35(5,32)33)27-20(14)13-29/h6-7,11,16-17,19,21H,8-10,12-13H2,1-5H3,(H,26,31)/t16?,17?,19?,21-/m1/s1. The Morgan fingerprint density at radius 3 is 2.57 bits per heavy atom. The highest BCUT2D eigenvalue weighted by atomic mass is 32.2. The Morgan fingerprint density at radius 2 is 1.94 bits per heavy atom. The van der Waals surface area contributed by atoms with Crippen LogP contribution < -0.4 is 5.32 Å². The Bertz CT molecular complexity index is 1130. The van der Waals surface area contributed by atoms with Crippen LogP contribution in [-0.4, -0.2) is 77.1 Å². The molecule has 9 nitrogen and oxygen atoms in total. The molecule has 0 radical (unpaired) electrons. The van der Waals surface area contributed by atoms with Gasteiger partial charge in [-0.2, -0.15) is 9.19 Å². The minimum absolute atomic E-state index is 0.0203. The van der Waals surface area contributed by atoms with Gasteiger partial charge in [-0.15, -0.1) is 0 Å². The number of ether oxygens (including phenoxy) is 1. The van der Waals surface area contributed by atoms with Crippen LogP contribution in [0.1, 0.15) is 44.9 Å². The second kappa shape index (κ2) is 9.29. The molecule has 4 rings (SSSR count). The van der Waals surface area contributed by atoms with E-state index in [2.05, 4.69) is 15.3 Å². The summed E-state index contributed by atoms with van der Waals surface area (Å²) < 4.78 is 59.0. The molecule has 0 bridgehead atoms. The summed E-state index contributed by atoms with van der Waals surface area (Å²) in [5, 5.41) is 7.14. The molecule has 1 N–H and O–H groups in total. The molecule has 1 fully saturated rings. The predicted octanol–water partition coefficient (Wildman–Crippen LogP) is 2.70. The number of alkyl carbamates (subject to hydrolysis) is 1. The molecule has 3 heterocycles. The molecule has 35 heavy (non-hydrogen) atoms. The van der Waals surface area contributed by atoms with E-state index in [1.165, 1.54) is 6.20 Å². The Hall–Kier alpha value is -2.31. The molecule has 194 valence electrons. The van der Waals surface area contributed by atoms with Gasteiger partial charge in [0.25, 0.3) is 10.0 Å². The van der Waals surface area contributed by atoms with E-state index in [4.69, 9.17) is 4.74 Å². The molecule has 1 amide bonds. The van der Waals surface area contributed by atoms with E-state index in [0.717, 1.165) is 28.1 Å². The van der Waals surface area contributed by atoms with Gasteiger partial charge >= 0.3 is 6.09 Å². The van der Waals surface area contributed by atoms with Gasteiger partial charge < -0.3 is 10.1 Å². The molecule has 1 aromatic heterocycles. The van der Waals surface area contributed by atoms with Crippen LogP contribution in [0.2, 0.25) is 0 Å². The number of fused-ring (bicyclic) bond motifs is 1. The molecule has 0 saturated carbocycles. The largest absolute Gasteiger partial charge is 0.444 e. The summed E-state index contributed by atoms with van der Waals surface area (Å²) in [7, 11) is -1.61. The van der Waals surface area contributed by atoms with Crippen molar-refractivity contribution in [2.75, 3.05) is 19.8 Å². The van der Waals surface area contributed by atoms with Crippen LogP contribution >= 0.6 is 0 Å². The first-order valence-electron chi connectivity index (χ1n) is 11.6. The summed E-state index contributed by atoms with van der Waals surface area (Å²) in [4.78, 5) is 16.8. The van der Waals surface area contributed by atoms with E-state index in [9.17, 15) is 22.0 Å². The summed E-state index contributed by atoms with van der Waals surface area (Å²) in [6.45, 7) is 6.85. The number of likely N-dealkylation sites (tertiary alicyclic amines) is 1. The third-order valence-corrected chi connectivity index (χ3v) is 7.56. The van der Waals surface area contributed by atoms with Gasteiger partial charge in [-0.05, 0) is 46.4 Å². The summed E-state index contributed by atoms with van der Waals surface area (Å²) in [6.07, 6.45) is 4.77. The van der Waals surface area contributed by atoms with Gasteiger partial charge in [0.05, 0.1) is 11.9 Å². The van der Waals surface area contributed by atoms with Gasteiger partial charge in [-0.1, -0.05) is 0 Å². The summed E-state index contributed by atoms with van der Waals surface area (Å²) in [5.41, 5.74) is 0.836. The van der Waals surface area contributed by atoms with Crippen LogP contribution in [0, 0.1) is 5.92 Å². The summed E-state index contributed by atoms with van der Waals surface area (Å²) in [6, 6.07) is -0.977. The minimum atomic E-state index is -3.46. The highest BCUT2D eigenvalue weighted by Crippen LogP contribution is 2.37. The third-order valence-electron chi connectivity index (χ3n) is 6.69. The van der Waals surface area contributed by atoms with Crippen LogP contribution in [0.15, 0.2) is 30.0 Å². The molecule has 0 spiro atoms. The van der Waals surface area contributed by atoms with Gasteiger partial charge in [0.1, 0.15) is 17.3 Å². The first-order valence-corrected chi connectivity index (χ1v) is 13.5. The number of carbonyl (C=O) groups excluding carboxylic acids is 1. The molecule has 12 heteroatoms. The SMILES string of the molecule is CN1CC(N2Cc3cn(S(C)(=O)=O)nc3C2)CC(NC(=O)OC(C)(C)C)[C@H]1C1CC(F)=CC=C1F. The number of likely N-dealkylation sites (N-methyl/N-ethyl adjacent to an activating group) is 1. The van der Waals surface area contributed by atoms with E-state index in [1.807, 2.05) is 11.9 Å². The highest BCUT2D eigenvalue weighted by molar-refractivity contribution is 7.89. The first-order chi connectivity index (χ1) is 16.2. The topological polar surface area (TPSA) is 96.8 Å². The summed E-state index contributed by atoms with van der Waals surface area (Å²) >= 11 is 0. The molecule has 3 aliphatic rings. The number of rotatable bonds is 4. The Morgan fingerprint density at radius 1 is 1.23 bits per heavy atom. The monoisotopic (exact) mass is 513 g/mol. The fraction of sp³-hybridized carbons (Fsp3) is 0.652. The molecule has 1 aliphatic carbocycles. The van der Waals surface area contributed by atoms with Crippen LogP contribution in [0.25, 0.3) is 0 Å². The smallest absolute Gasteiger partial charge is 0.407 e. The van der Waals surface area contributed by atoms with Crippen molar-refractivity contribution in [1.29, 1.82) is 0 Å². The maximum atomic E-state index is 14.8. The zero-order valence-electron chi connectivity index (χ0n) is 20.7. The zero-order chi connectivity index (χ0) is 25.7. The number of carbonyl (C=O) groups is 1. The fourth-order valence-electron chi connectivity index (χ4n) is 5.26. The van der Waals surface area contributed by atoms with E-state index >= 15 is 0 Å². The number of piperidine rings is 1. The van der Waals surface area contributed by atoms with Gasteiger partial charge in [0, 0.05) is 61.9 Å². The van der Waals surface area contributed by atoms with E-state index < -0.39 is 51.4 Å². The lowest BCUT2D eigenvalue weighted by Crippen LogP contribution is -2.63. The maximum Gasteiger partial charge on any atom is 0.407 e. The molecular weight excluding hydrogens is 480 g/mol. The Kier molecular flexibility index (Phi) is 6.84. The van der Waals surface area contributed by atoms with E-state index in [-0.39, 0.29) is 12.5 Å². The number of aromatic nitrogens is 2. The first kappa shape index (κ1) is 25.8. The average molecular weight is 514 g/mol.